The Morgan fingerprint density at radius 1 is 1.14 bits per heavy atom. The molecule has 0 amide bonds. The maximum Gasteiger partial charge on any atom is 0.191 e. The van der Waals surface area contributed by atoms with Crippen LogP contribution in [0.4, 0.5) is 0 Å². The minimum Gasteiger partial charge on any atom is -0.379 e. The number of ether oxygens (including phenoxy) is 1. The van der Waals surface area contributed by atoms with Crippen LogP contribution in [0.5, 0.6) is 0 Å². The Labute approximate surface area is 179 Å². The van der Waals surface area contributed by atoms with E-state index >= 15 is 0 Å². The van der Waals surface area contributed by atoms with Crippen LogP contribution in [0.3, 0.4) is 0 Å². The Kier molecular flexibility index (Phi) is 8.52. The second-order valence-corrected chi connectivity index (χ2v) is 9.03. The van der Waals surface area contributed by atoms with E-state index in [0.29, 0.717) is 12.6 Å². The van der Waals surface area contributed by atoms with Crippen molar-refractivity contribution in [1.29, 1.82) is 0 Å². The minimum absolute atomic E-state index is 0.335. The van der Waals surface area contributed by atoms with Crippen LogP contribution in [0.1, 0.15) is 34.7 Å². The fraction of sp³-hybridized carbons (Fsp3) is 0.522. The van der Waals surface area contributed by atoms with Gasteiger partial charge in [0.25, 0.3) is 0 Å². The van der Waals surface area contributed by atoms with E-state index in [1.165, 1.54) is 20.9 Å². The summed E-state index contributed by atoms with van der Waals surface area (Å²) in [7, 11) is 0. The molecule has 6 heteroatoms. The van der Waals surface area contributed by atoms with Crippen LogP contribution in [0.25, 0.3) is 0 Å². The van der Waals surface area contributed by atoms with Gasteiger partial charge in [0.05, 0.1) is 19.8 Å². The molecule has 0 aliphatic carbocycles. The number of thiophene rings is 1. The Balaban J connectivity index is 1.51. The summed E-state index contributed by atoms with van der Waals surface area (Å²) in [5.74, 6) is 0.880. The maximum absolute atomic E-state index is 5.42. The Morgan fingerprint density at radius 2 is 1.86 bits per heavy atom. The fourth-order valence-electron chi connectivity index (χ4n) is 3.44. The number of hydrogen-bond donors (Lipinski definition) is 2. The highest BCUT2D eigenvalue weighted by Crippen LogP contribution is 2.16. The highest BCUT2D eigenvalue weighted by atomic mass is 32.1. The highest BCUT2D eigenvalue weighted by Gasteiger charge is 2.11. The molecule has 1 aromatic heterocycles. The number of nitrogens with one attached hydrogen (secondary N) is 2. The Hall–Kier alpha value is -1.89. The van der Waals surface area contributed by atoms with E-state index in [9.17, 15) is 0 Å². The lowest BCUT2D eigenvalue weighted by atomic mass is 10.1. The molecule has 1 aromatic carbocycles. The number of rotatable bonds is 8. The molecule has 1 saturated heterocycles. The molecular weight excluding hydrogens is 380 g/mol. The minimum atomic E-state index is 0.335. The number of aryl methyl sites for hydroxylation is 1. The third-order valence-electron chi connectivity index (χ3n) is 4.98. The molecule has 5 nitrogen and oxygen atoms in total. The van der Waals surface area contributed by atoms with E-state index in [1.807, 2.05) is 11.3 Å². The average molecular weight is 415 g/mol. The lowest BCUT2D eigenvalue weighted by molar-refractivity contribution is 0.0342. The van der Waals surface area contributed by atoms with Crippen molar-refractivity contribution in [2.24, 2.45) is 4.99 Å². The topological polar surface area (TPSA) is 48.9 Å². The first-order valence-electron chi connectivity index (χ1n) is 10.6. The van der Waals surface area contributed by atoms with E-state index in [0.717, 1.165) is 51.8 Å². The van der Waals surface area contributed by atoms with Crippen LogP contribution >= 0.6 is 11.3 Å². The monoisotopic (exact) mass is 414 g/mol. The summed E-state index contributed by atoms with van der Waals surface area (Å²) in [6.45, 7) is 12.7. The molecule has 0 radical (unpaired) electrons. The van der Waals surface area contributed by atoms with Gasteiger partial charge in [-0.05, 0) is 44.0 Å². The molecule has 1 atom stereocenters. The molecule has 1 fully saturated rings. The molecular formula is C23H34N4OS. The molecule has 2 N–H and O–H groups in total. The van der Waals surface area contributed by atoms with Crippen molar-refractivity contribution >= 4 is 17.3 Å². The highest BCUT2D eigenvalue weighted by molar-refractivity contribution is 7.11. The van der Waals surface area contributed by atoms with Gasteiger partial charge in [0.2, 0.25) is 0 Å². The number of benzene rings is 1. The van der Waals surface area contributed by atoms with Crippen molar-refractivity contribution < 1.29 is 4.74 Å². The van der Waals surface area contributed by atoms with Gasteiger partial charge < -0.3 is 15.4 Å². The van der Waals surface area contributed by atoms with E-state index < -0.39 is 0 Å². The third kappa shape index (κ3) is 7.46. The predicted molar refractivity (Wildman–Crippen MR) is 123 cm³/mol. The summed E-state index contributed by atoms with van der Waals surface area (Å²) < 4.78 is 5.42. The maximum atomic E-state index is 5.42. The zero-order valence-corrected chi connectivity index (χ0v) is 18.7. The molecule has 29 heavy (non-hydrogen) atoms. The Bertz CT molecular complexity index is 765. The van der Waals surface area contributed by atoms with Gasteiger partial charge in [-0.25, -0.2) is 4.99 Å². The molecule has 2 aromatic rings. The van der Waals surface area contributed by atoms with Crippen LogP contribution in [-0.4, -0.2) is 49.7 Å². The largest absolute Gasteiger partial charge is 0.379 e. The lowest BCUT2D eigenvalue weighted by Gasteiger charge is -2.26. The predicted octanol–water partition coefficient (Wildman–Crippen LogP) is 3.58. The number of hydrogen-bond acceptors (Lipinski definition) is 4. The van der Waals surface area contributed by atoms with Gasteiger partial charge in [-0.2, -0.15) is 0 Å². The smallest absolute Gasteiger partial charge is 0.191 e. The number of morpholine rings is 1. The third-order valence-corrected chi connectivity index (χ3v) is 6.01. The SMILES string of the molecule is CCNC(=NCc1ccc(CN2CCOCC2)cc1)NC(C)Cc1ccc(C)s1. The van der Waals surface area contributed by atoms with Crippen LogP contribution in [0, 0.1) is 6.92 Å². The fourth-order valence-corrected chi connectivity index (χ4v) is 4.46. The average Bonchev–Trinajstić information content (AvgIpc) is 3.12. The second kappa shape index (κ2) is 11.3. The summed E-state index contributed by atoms with van der Waals surface area (Å²) in [4.78, 5) is 10.0. The van der Waals surface area contributed by atoms with Gasteiger partial charge in [0.15, 0.2) is 5.96 Å². The lowest BCUT2D eigenvalue weighted by Crippen LogP contribution is -2.43. The van der Waals surface area contributed by atoms with Crippen LogP contribution in [0.15, 0.2) is 41.4 Å². The van der Waals surface area contributed by atoms with Gasteiger partial charge >= 0.3 is 0 Å². The normalized spacial score (nSPS) is 16.6. The van der Waals surface area contributed by atoms with Crippen LogP contribution < -0.4 is 10.6 Å². The summed E-state index contributed by atoms with van der Waals surface area (Å²) in [6, 6.07) is 13.6. The van der Waals surface area contributed by atoms with Crippen molar-refractivity contribution in [3.05, 3.63) is 57.3 Å². The molecule has 0 saturated carbocycles. The van der Waals surface area contributed by atoms with Crippen molar-refractivity contribution in [2.45, 2.75) is 46.3 Å². The van der Waals surface area contributed by atoms with E-state index in [1.54, 1.807) is 0 Å². The van der Waals surface area contributed by atoms with Crippen molar-refractivity contribution in [3.63, 3.8) is 0 Å². The molecule has 1 aliphatic heterocycles. The molecule has 0 bridgehead atoms. The van der Waals surface area contributed by atoms with E-state index in [-0.39, 0.29) is 0 Å². The van der Waals surface area contributed by atoms with Crippen molar-refractivity contribution in [3.8, 4) is 0 Å². The molecule has 1 aliphatic rings. The number of aliphatic imine (C=N–C) groups is 1. The van der Waals surface area contributed by atoms with Gasteiger partial charge in [0, 0.05) is 48.4 Å². The molecule has 2 heterocycles. The van der Waals surface area contributed by atoms with E-state index in [2.05, 4.69) is 72.7 Å². The molecule has 1 unspecified atom stereocenters. The number of nitrogens with zero attached hydrogens (tertiary/aromatic N) is 2. The number of guanidine groups is 1. The van der Waals surface area contributed by atoms with Crippen molar-refractivity contribution in [2.75, 3.05) is 32.8 Å². The molecule has 158 valence electrons. The van der Waals surface area contributed by atoms with Gasteiger partial charge in [0.1, 0.15) is 0 Å². The van der Waals surface area contributed by atoms with Gasteiger partial charge in [-0.3, -0.25) is 4.90 Å². The Morgan fingerprint density at radius 3 is 2.52 bits per heavy atom. The van der Waals surface area contributed by atoms with E-state index in [4.69, 9.17) is 9.73 Å². The zero-order chi connectivity index (χ0) is 20.5. The van der Waals surface area contributed by atoms with Gasteiger partial charge in [-0.1, -0.05) is 24.3 Å². The first-order chi connectivity index (χ1) is 14.1. The first-order valence-corrected chi connectivity index (χ1v) is 11.4. The summed E-state index contributed by atoms with van der Waals surface area (Å²) in [5, 5.41) is 6.90. The van der Waals surface area contributed by atoms with Crippen molar-refractivity contribution in [1.82, 2.24) is 15.5 Å². The zero-order valence-electron chi connectivity index (χ0n) is 17.9. The van der Waals surface area contributed by atoms with Crippen LogP contribution in [0.2, 0.25) is 0 Å². The van der Waals surface area contributed by atoms with Gasteiger partial charge in [-0.15, -0.1) is 11.3 Å². The summed E-state index contributed by atoms with van der Waals surface area (Å²) in [6.07, 6.45) is 1.01. The first kappa shape index (κ1) is 21.8. The van der Waals surface area contributed by atoms with Crippen LogP contribution in [-0.2, 0) is 24.2 Å². The molecule has 3 rings (SSSR count). The summed E-state index contributed by atoms with van der Waals surface area (Å²) in [5.41, 5.74) is 2.58. The standard InChI is InChI=1S/C23H34N4OS/c1-4-24-23(26-18(2)15-22-10-5-19(3)29-22)25-16-20-6-8-21(9-7-20)17-27-11-13-28-14-12-27/h5-10,18H,4,11-17H2,1-3H3,(H2,24,25,26). The quantitative estimate of drug-likeness (QED) is 0.512. The second-order valence-electron chi connectivity index (χ2n) is 7.66. The molecule has 0 spiro atoms. The summed E-state index contributed by atoms with van der Waals surface area (Å²) >= 11 is 1.87.